The zero-order valence-corrected chi connectivity index (χ0v) is 23.4. The predicted molar refractivity (Wildman–Crippen MR) is 152 cm³/mol. The van der Waals surface area contributed by atoms with Gasteiger partial charge in [-0.3, -0.25) is 0 Å². The van der Waals surface area contributed by atoms with Gasteiger partial charge in [0.15, 0.2) is 0 Å². The van der Waals surface area contributed by atoms with Crippen molar-refractivity contribution in [2.75, 3.05) is 13.2 Å². The molecule has 200 valence electrons. The molecule has 2 heterocycles. The molecule has 1 fully saturated rings. The summed E-state index contributed by atoms with van der Waals surface area (Å²) in [7, 11) is -2.80. The van der Waals surface area contributed by atoms with E-state index in [0.29, 0.717) is 13.2 Å². The van der Waals surface area contributed by atoms with E-state index in [0.717, 1.165) is 5.56 Å². The maximum atomic E-state index is 9.79. The van der Waals surface area contributed by atoms with Gasteiger partial charge in [0.25, 0.3) is 8.32 Å². The lowest BCUT2D eigenvalue weighted by molar-refractivity contribution is -0.0890. The van der Waals surface area contributed by atoms with Gasteiger partial charge in [-0.1, -0.05) is 124 Å². The molecule has 3 aromatic carbocycles. The topological polar surface area (TPSA) is 60.5 Å². The van der Waals surface area contributed by atoms with Crippen molar-refractivity contribution in [3.8, 4) is 0 Å². The number of ether oxygens (including phenoxy) is 3. The molecular weight excluding hydrogens is 492 g/mol. The Morgan fingerprint density at radius 1 is 0.763 bits per heavy atom. The smallest absolute Gasteiger partial charge is 0.262 e. The summed E-state index contributed by atoms with van der Waals surface area (Å²) in [5, 5.41) is 12.1. The maximum absolute atomic E-state index is 9.79. The average Bonchev–Trinajstić information content (AvgIpc) is 3.73. The molecule has 38 heavy (non-hydrogen) atoms. The van der Waals surface area contributed by atoms with E-state index in [1.54, 1.807) is 0 Å². The van der Waals surface area contributed by atoms with Gasteiger partial charge >= 0.3 is 0 Å². The van der Waals surface area contributed by atoms with Gasteiger partial charge in [-0.15, -0.1) is 0 Å². The van der Waals surface area contributed by atoms with Crippen LogP contribution in [0.5, 0.6) is 0 Å². The highest BCUT2D eigenvalue weighted by Crippen LogP contribution is 2.41. The predicted octanol–water partition coefficient (Wildman–Crippen LogP) is 4.23. The molecule has 0 unspecified atom stereocenters. The van der Waals surface area contributed by atoms with E-state index < -0.39 is 8.32 Å². The van der Waals surface area contributed by atoms with Gasteiger partial charge in [0, 0.05) is 0 Å². The third-order valence-electron chi connectivity index (χ3n) is 7.42. The zero-order valence-electron chi connectivity index (χ0n) is 22.4. The van der Waals surface area contributed by atoms with Crippen LogP contribution in [0.3, 0.4) is 0 Å². The van der Waals surface area contributed by atoms with E-state index in [9.17, 15) is 5.11 Å². The molecule has 0 bridgehead atoms. The summed E-state index contributed by atoms with van der Waals surface area (Å²) in [5.41, 5.74) is 1.13. The van der Waals surface area contributed by atoms with Crippen LogP contribution in [0.1, 0.15) is 26.3 Å². The van der Waals surface area contributed by atoms with E-state index in [-0.39, 0.29) is 42.2 Å². The van der Waals surface area contributed by atoms with Crippen LogP contribution in [-0.4, -0.2) is 57.2 Å². The van der Waals surface area contributed by atoms with Crippen molar-refractivity contribution >= 4 is 18.7 Å². The highest BCUT2D eigenvalue weighted by molar-refractivity contribution is 6.99. The third-order valence-corrected chi connectivity index (χ3v) is 12.5. The van der Waals surface area contributed by atoms with Crippen LogP contribution in [0.2, 0.25) is 5.04 Å². The van der Waals surface area contributed by atoms with E-state index in [1.165, 1.54) is 10.4 Å². The average molecular weight is 531 g/mol. The van der Waals surface area contributed by atoms with Gasteiger partial charge in [-0.25, -0.2) is 0 Å². The highest BCUT2D eigenvalue weighted by atomic mass is 28.4. The lowest BCUT2D eigenvalue weighted by Crippen LogP contribution is -2.69. The Bertz CT molecular complexity index is 1140. The Labute approximate surface area is 227 Å². The number of aliphatic hydroxyl groups is 1. The molecule has 0 amide bonds. The van der Waals surface area contributed by atoms with Crippen LogP contribution >= 0.6 is 0 Å². The van der Waals surface area contributed by atoms with Gasteiger partial charge in [0.1, 0.15) is 18.3 Å². The summed E-state index contributed by atoms with van der Waals surface area (Å²) in [4.78, 5) is 0. The number of hydrogen-bond donors (Lipinski definition) is 1. The first-order valence-electron chi connectivity index (χ1n) is 13.4. The van der Waals surface area contributed by atoms with Crippen molar-refractivity contribution in [2.45, 2.75) is 62.9 Å². The van der Waals surface area contributed by atoms with Gasteiger partial charge < -0.3 is 23.7 Å². The fraction of sp³-hybridized carbons (Fsp3) is 0.375. The molecule has 0 aliphatic carbocycles. The normalized spacial score (nSPS) is 25.3. The van der Waals surface area contributed by atoms with Crippen molar-refractivity contribution in [3.05, 3.63) is 109 Å². The molecular formula is C32H38O5Si. The highest BCUT2D eigenvalue weighted by Gasteiger charge is 2.56. The summed E-state index contributed by atoms with van der Waals surface area (Å²) < 4.78 is 25.8. The molecule has 5 atom stereocenters. The first kappa shape index (κ1) is 27.0. The molecule has 0 radical (unpaired) electrons. The van der Waals surface area contributed by atoms with Gasteiger partial charge in [0.05, 0.1) is 32.0 Å². The molecule has 0 spiro atoms. The van der Waals surface area contributed by atoms with Crippen LogP contribution in [0.15, 0.2) is 103 Å². The fourth-order valence-electron chi connectivity index (χ4n) is 5.49. The standard InChI is InChI=1S/C32H38O5Si/c1-32(2,3)38(26-15-9-5-10-16-26,27-17-11-6-12-18-27)37-28-20-19-25(35-30(28)31-29(21-33)36-31)23-34-22-24-13-7-4-8-14-24/h4-20,25,28-31,33H,21-23H2,1-3H3/t25-,28+,29-,30+,31+/m0/s1. The minimum absolute atomic E-state index is 0.0324. The van der Waals surface area contributed by atoms with Gasteiger partial charge in [-0.05, 0) is 21.0 Å². The summed E-state index contributed by atoms with van der Waals surface area (Å²) in [5.74, 6) is 0. The lowest BCUT2D eigenvalue weighted by Gasteiger charge is -2.46. The van der Waals surface area contributed by atoms with Crippen molar-refractivity contribution in [2.24, 2.45) is 0 Å². The van der Waals surface area contributed by atoms with E-state index in [1.807, 2.05) is 30.3 Å². The Morgan fingerprint density at radius 2 is 1.34 bits per heavy atom. The first-order chi connectivity index (χ1) is 18.4. The largest absolute Gasteiger partial charge is 0.398 e. The molecule has 2 aliphatic rings. The fourth-order valence-corrected chi connectivity index (χ4v) is 10.1. The quantitative estimate of drug-likeness (QED) is 0.242. The SMILES string of the molecule is CC(C)(C)[Si](O[C@@H]1C=C[C@@H](COCc2ccccc2)O[C@H]1[C@@H]1O[C@H]1CO)(c1ccccc1)c1ccccc1. The second-order valence-electron chi connectivity index (χ2n) is 11.1. The Hall–Kier alpha value is -2.58. The van der Waals surface area contributed by atoms with Crippen LogP contribution in [0.25, 0.3) is 0 Å². The lowest BCUT2D eigenvalue weighted by atomic mass is 10.0. The second kappa shape index (κ2) is 11.7. The second-order valence-corrected chi connectivity index (χ2v) is 15.3. The van der Waals surface area contributed by atoms with Crippen molar-refractivity contribution < 1.29 is 23.7 Å². The summed E-state index contributed by atoms with van der Waals surface area (Å²) in [6, 6.07) is 31.4. The van der Waals surface area contributed by atoms with E-state index in [4.69, 9.17) is 18.6 Å². The monoisotopic (exact) mass is 530 g/mol. The molecule has 0 saturated carbocycles. The van der Waals surface area contributed by atoms with Gasteiger partial charge in [-0.2, -0.15) is 0 Å². The Balaban J connectivity index is 1.44. The summed E-state index contributed by atoms with van der Waals surface area (Å²) >= 11 is 0. The zero-order chi connectivity index (χ0) is 26.6. The van der Waals surface area contributed by atoms with Crippen LogP contribution in [0, 0.1) is 0 Å². The number of benzene rings is 3. The molecule has 1 saturated heterocycles. The summed E-state index contributed by atoms with van der Waals surface area (Å²) in [6.45, 7) is 7.74. The number of hydrogen-bond acceptors (Lipinski definition) is 5. The molecule has 1 N–H and O–H groups in total. The molecule has 2 aliphatic heterocycles. The van der Waals surface area contributed by atoms with Crippen LogP contribution in [-0.2, 0) is 25.2 Å². The Kier molecular flexibility index (Phi) is 8.28. The molecule has 3 aromatic rings. The third kappa shape index (κ3) is 5.71. The van der Waals surface area contributed by atoms with Crippen LogP contribution in [0.4, 0.5) is 0 Å². The van der Waals surface area contributed by atoms with E-state index in [2.05, 4.69) is 93.6 Å². The van der Waals surface area contributed by atoms with E-state index >= 15 is 0 Å². The molecule has 0 aromatic heterocycles. The number of aliphatic hydroxyl groups excluding tert-OH is 1. The minimum Gasteiger partial charge on any atom is -0.398 e. The van der Waals surface area contributed by atoms with Crippen molar-refractivity contribution in [3.63, 3.8) is 0 Å². The van der Waals surface area contributed by atoms with Crippen LogP contribution < -0.4 is 10.4 Å². The maximum Gasteiger partial charge on any atom is 0.262 e. The molecule has 6 heteroatoms. The van der Waals surface area contributed by atoms with Gasteiger partial charge in [0.2, 0.25) is 0 Å². The number of rotatable bonds is 10. The van der Waals surface area contributed by atoms with Crippen molar-refractivity contribution in [1.82, 2.24) is 0 Å². The minimum atomic E-state index is -2.80. The molecule has 5 nitrogen and oxygen atoms in total. The van der Waals surface area contributed by atoms with Crippen molar-refractivity contribution in [1.29, 1.82) is 0 Å². The number of epoxide rings is 1. The summed E-state index contributed by atoms with van der Waals surface area (Å²) in [6.07, 6.45) is 2.84. The molecule has 5 rings (SSSR count). The first-order valence-corrected chi connectivity index (χ1v) is 15.3. The Morgan fingerprint density at radius 3 is 1.87 bits per heavy atom.